The quantitative estimate of drug-likeness (QED) is 0.795. The standard InChI is InChI=1S/C14H18BrFO2/c1-4-14(5-2,18-3)13(17)9-10-6-7-12(16)11(15)8-10/h6-8H,4-5,9H2,1-3H3. The summed E-state index contributed by atoms with van der Waals surface area (Å²) < 4.78 is 18.9. The average molecular weight is 317 g/mol. The smallest absolute Gasteiger partial charge is 0.168 e. The molecular weight excluding hydrogens is 299 g/mol. The Kier molecular flexibility index (Phi) is 5.47. The third-order valence-corrected chi connectivity index (χ3v) is 4.00. The van der Waals surface area contributed by atoms with E-state index in [9.17, 15) is 9.18 Å². The van der Waals surface area contributed by atoms with Crippen molar-refractivity contribution in [2.24, 2.45) is 0 Å². The number of rotatable bonds is 6. The van der Waals surface area contributed by atoms with Crippen LogP contribution in [0.5, 0.6) is 0 Å². The molecule has 0 spiro atoms. The summed E-state index contributed by atoms with van der Waals surface area (Å²) in [4.78, 5) is 12.3. The number of ether oxygens (including phenoxy) is 1. The number of ketones is 1. The van der Waals surface area contributed by atoms with Crippen LogP contribution in [0.4, 0.5) is 4.39 Å². The number of hydrogen-bond donors (Lipinski definition) is 0. The van der Waals surface area contributed by atoms with Crippen molar-refractivity contribution in [2.75, 3.05) is 7.11 Å². The van der Waals surface area contributed by atoms with Gasteiger partial charge in [0.15, 0.2) is 5.78 Å². The minimum atomic E-state index is -0.721. The molecule has 0 aliphatic carbocycles. The van der Waals surface area contributed by atoms with Crippen LogP contribution in [-0.2, 0) is 16.0 Å². The molecule has 100 valence electrons. The van der Waals surface area contributed by atoms with Gasteiger partial charge in [0.2, 0.25) is 0 Å². The number of benzene rings is 1. The fourth-order valence-corrected chi connectivity index (χ4v) is 2.47. The third kappa shape index (κ3) is 3.18. The minimum Gasteiger partial charge on any atom is -0.370 e. The molecule has 0 N–H and O–H groups in total. The monoisotopic (exact) mass is 316 g/mol. The van der Waals surface area contributed by atoms with Gasteiger partial charge in [-0.1, -0.05) is 19.9 Å². The van der Waals surface area contributed by atoms with Crippen molar-refractivity contribution in [1.29, 1.82) is 0 Å². The molecular formula is C14H18BrFO2. The first kappa shape index (κ1) is 15.3. The van der Waals surface area contributed by atoms with Gasteiger partial charge in [0.05, 0.1) is 4.47 Å². The predicted octanol–water partition coefficient (Wildman–Crippen LogP) is 3.91. The number of methoxy groups -OCH3 is 1. The molecule has 0 saturated heterocycles. The van der Waals surface area contributed by atoms with Crippen LogP contribution in [0.1, 0.15) is 32.3 Å². The average Bonchev–Trinajstić information content (AvgIpc) is 2.37. The zero-order valence-electron chi connectivity index (χ0n) is 10.9. The van der Waals surface area contributed by atoms with Crippen molar-refractivity contribution in [3.63, 3.8) is 0 Å². The van der Waals surface area contributed by atoms with Crippen LogP contribution in [0.2, 0.25) is 0 Å². The summed E-state index contributed by atoms with van der Waals surface area (Å²) in [6.45, 7) is 3.87. The zero-order chi connectivity index (χ0) is 13.8. The molecule has 0 unspecified atom stereocenters. The zero-order valence-corrected chi connectivity index (χ0v) is 12.5. The molecule has 0 aliphatic rings. The van der Waals surface area contributed by atoms with E-state index >= 15 is 0 Å². The Labute approximate surface area is 116 Å². The lowest BCUT2D eigenvalue weighted by Crippen LogP contribution is -2.40. The molecule has 0 fully saturated rings. The maximum atomic E-state index is 13.1. The van der Waals surface area contributed by atoms with Crippen molar-refractivity contribution >= 4 is 21.7 Å². The lowest BCUT2D eigenvalue weighted by molar-refractivity contribution is -0.141. The first-order valence-corrected chi connectivity index (χ1v) is 6.80. The number of hydrogen-bond acceptors (Lipinski definition) is 2. The summed E-state index contributed by atoms with van der Waals surface area (Å²) in [5.74, 6) is -0.288. The summed E-state index contributed by atoms with van der Waals surface area (Å²) in [6.07, 6.45) is 1.54. The van der Waals surface area contributed by atoms with E-state index in [0.717, 1.165) is 5.56 Å². The van der Waals surface area contributed by atoms with Gasteiger partial charge in [-0.2, -0.15) is 0 Å². The van der Waals surface area contributed by atoms with Gasteiger partial charge in [-0.25, -0.2) is 4.39 Å². The van der Waals surface area contributed by atoms with Crippen LogP contribution in [0, 0.1) is 5.82 Å². The number of carbonyl (C=O) groups excluding carboxylic acids is 1. The largest absolute Gasteiger partial charge is 0.370 e. The molecule has 0 bridgehead atoms. The Morgan fingerprint density at radius 1 is 1.39 bits per heavy atom. The van der Waals surface area contributed by atoms with E-state index in [1.165, 1.54) is 6.07 Å². The Morgan fingerprint density at radius 2 is 2.00 bits per heavy atom. The van der Waals surface area contributed by atoms with E-state index in [1.807, 2.05) is 13.8 Å². The Hall–Kier alpha value is -0.740. The summed E-state index contributed by atoms with van der Waals surface area (Å²) in [5, 5.41) is 0. The van der Waals surface area contributed by atoms with E-state index < -0.39 is 5.60 Å². The maximum Gasteiger partial charge on any atom is 0.168 e. The maximum absolute atomic E-state index is 13.1. The second-order valence-corrected chi connectivity index (χ2v) is 5.11. The van der Waals surface area contributed by atoms with Crippen molar-refractivity contribution in [2.45, 2.75) is 38.7 Å². The topological polar surface area (TPSA) is 26.3 Å². The van der Waals surface area contributed by atoms with Crippen LogP contribution in [0.25, 0.3) is 0 Å². The molecule has 1 rings (SSSR count). The van der Waals surface area contributed by atoms with Crippen molar-refractivity contribution in [1.82, 2.24) is 0 Å². The van der Waals surface area contributed by atoms with E-state index in [0.29, 0.717) is 17.3 Å². The van der Waals surface area contributed by atoms with Gasteiger partial charge in [-0.3, -0.25) is 4.79 Å². The summed E-state index contributed by atoms with van der Waals surface area (Å²) in [6, 6.07) is 4.63. The van der Waals surface area contributed by atoms with Crippen LogP contribution in [0.3, 0.4) is 0 Å². The van der Waals surface area contributed by atoms with Crippen LogP contribution in [0.15, 0.2) is 22.7 Å². The van der Waals surface area contributed by atoms with Crippen molar-refractivity contribution in [3.8, 4) is 0 Å². The molecule has 0 radical (unpaired) electrons. The molecule has 0 aliphatic heterocycles. The molecule has 0 amide bonds. The summed E-state index contributed by atoms with van der Waals surface area (Å²) in [5.41, 5.74) is 0.0672. The molecule has 18 heavy (non-hydrogen) atoms. The van der Waals surface area contributed by atoms with Gasteiger partial charge in [-0.05, 0) is 46.5 Å². The fraction of sp³-hybridized carbons (Fsp3) is 0.500. The van der Waals surface area contributed by atoms with E-state index in [2.05, 4.69) is 15.9 Å². The molecule has 0 aromatic heterocycles. The molecule has 0 atom stereocenters. The van der Waals surface area contributed by atoms with Gasteiger partial charge in [-0.15, -0.1) is 0 Å². The Morgan fingerprint density at radius 3 is 2.44 bits per heavy atom. The first-order valence-electron chi connectivity index (χ1n) is 6.01. The molecule has 1 aromatic rings. The van der Waals surface area contributed by atoms with Crippen LogP contribution >= 0.6 is 15.9 Å². The first-order chi connectivity index (χ1) is 8.49. The van der Waals surface area contributed by atoms with E-state index in [4.69, 9.17) is 4.74 Å². The van der Waals surface area contributed by atoms with Crippen LogP contribution < -0.4 is 0 Å². The molecule has 1 aromatic carbocycles. The highest BCUT2D eigenvalue weighted by Crippen LogP contribution is 2.24. The summed E-state index contributed by atoms with van der Waals surface area (Å²) in [7, 11) is 1.56. The number of halogens is 2. The second kappa shape index (κ2) is 6.43. The molecule has 2 nitrogen and oxygen atoms in total. The second-order valence-electron chi connectivity index (χ2n) is 4.25. The molecule has 0 saturated carbocycles. The van der Waals surface area contributed by atoms with E-state index in [1.54, 1.807) is 19.2 Å². The fourth-order valence-electron chi connectivity index (χ4n) is 2.04. The highest BCUT2D eigenvalue weighted by Gasteiger charge is 2.34. The highest BCUT2D eigenvalue weighted by atomic mass is 79.9. The highest BCUT2D eigenvalue weighted by molar-refractivity contribution is 9.10. The minimum absolute atomic E-state index is 0.0357. The lowest BCUT2D eigenvalue weighted by atomic mass is 9.88. The van der Waals surface area contributed by atoms with Crippen molar-refractivity contribution < 1.29 is 13.9 Å². The van der Waals surface area contributed by atoms with Crippen LogP contribution in [-0.4, -0.2) is 18.5 Å². The van der Waals surface area contributed by atoms with Gasteiger partial charge >= 0.3 is 0 Å². The van der Waals surface area contributed by atoms with Gasteiger partial charge < -0.3 is 4.74 Å². The van der Waals surface area contributed by atoms with Gasteiger partial charge in [0, 0.05) is 13.5 Å². The normalized spacial score (nSPS) is 11.6. The predicted molar refractivity (Wildman–Crippen MR) is 73.1 cm³/mol. The van der Waals surface area contributed by atoms with E-state index in [-0.39, 0.29) is 18.0 Å². The molecule has 0 heterocycles. The van der Waals surface area contributed by atoms with Gasteiger partial charge in [0.25, 0.3) is 0 Å². The third-order valence-electron chi connectivity index (χ3n) is 3.39. The summed E-state index contributed by atoms with van der Waals surface area (Å²) >= 11 is 3.12. The van der Waals surface area contributed by atoms with Gasteiger partial charge in [0.1, 0.15) is 11.4 Å². The lowest BCUT2D eigenvalue weighted by Gasteiger charge is -2.28. The number of Topliss-reactive ketones (excluding diaryl/α,β-unsaturated/α-hetero) is 1. The number of carbonyl (C=O) groups is 1. The Balaban J connectivity index is 2.89. The Bertz CT molecular complexity index is 420. The molecule has 4 heteroatoms. The SMILES string of the molecule is CCC(CC)(OC)C(=O)Cc1ccc(F)c(Br)c1. The van der Waals surface area contributed by atoms with Crippen molar-refractivity contribution in [3.05, 3.63) is 34.1 Å².